The summed E-state index contributed by atoms with van der Waals surface area (Å²) in [6, 6.07) is 1.81. The molecule has 1 heteroatoms. The van der Waals surface area contributed by atoms with E-state index < -0.39 is 0 Å². The average Bonchev–Trinajstić information content (AvgIpc) is 2.34. The summed E-state index contributed by atoms with van der Waals surface area (Å²) < 4.78 is 0. The van der Waals surface area contributed by atoms with Gasteiger partial charge in [-0.05, 0) is 44.6 Å². The molecule has 1 heterocycles. The lowest BCUT2D eigenvalue weighted by Gasteiger charge is -2.50. The predicted octanol–water partition coefficient (Wildman–Crippen LogP) is 4.47. The highest BCUT2D eigenvalue weighted by molar-refractivity contribution is 4.93. The summed E-state index contributed by atoms with van der Waals surface area (Å²) in [4.78, 5) is 2.76. The van der Waals surface area contributed by atoms with E-state index in [0.717, 1.165) is 23.9 Å². The lowest BCUT2D eigenvalue weighted by Crippen LogP contribution is -2.52. The van der Waals surface area contributed by atoms with Gasteiger partial charge in [-0.15, -0.1) is 0 Å². The Labute approximate surface area is 108 Å². The molecule has 0 bridgehead atoms. The van der Waals surface area contributed by atoms with Gasteiger partial charge in [-0.3, -0.25) is 0 Å². The molecule has 0 aromatic carbocycles. The fourth-order valence-electron chi connectivity index (χ4n) is 4.53. The van der Waals surface area contributed by atoms with Crippen molar-refractivity contribution in [2.45, 2.75) is 83.7 Å². The number of fused-ring (bicyclic) bond motifs is 1. The lowest BCUT2D eigenvalue weighted by molar-refractivity contribution is 0.000661. The van der Waals surface area contributed by atoms with E-state index in [1.54, 1.807) is 0 Å². The molecule has 0 aromatic rings. The Morgan fingerprint density at radius 1 is 0.941 bits per heavy atom. The first-order chi connectivity index (χ1) is 8.27. The van der Waals surface area contributed by atoms with Crippen LogP contribution >= 0.6 is 0 Å². The van der Waals surface area contributed by atoms with Crippen molar-refractivity contribution in [2.75, 3.05) is 7.05 Å². The van der Waals surface area contributed by atoms with Crippen molar-refractivity contribution in [3.63, 3.8) is 0 Å². The third kappa shape index (κ3) is 2.86. The van der Waals surface area contributed by atoms with Crippen LogP contribution in [0.25, 0.3) is 0 Å². The third-order valence-electron chi connectivity index (χ3n) is 5.39. The Morgan fingerprint density at radius 2 is 1.71 bits per heavy atom. The number of rotatable bonds is 4. The Kier molecular flexibility index (Phi) is 4.90. The van der Waals surface area contributed by atoms with Crippen LogP contribution in [0.5, 0.6) is 0 Å². The molecule has 4 unspecified atom stereocenters. The van der Waals surface area contributed by atoms with Crippen molar-refractivity contribution < 1.29 is 0 Å². The van der Waals surface area contributed by atoms with E-state index in [1.165, 1.54) is 57.8 Å². The van der Waals surface area contributed by atoms with Gasteiger partial charge >= 0.3 is 0 Å². The summed E-state index contributed by atoms with van der Waals surface area (Å²) in [5, 5.41) is 0. The fraction of sp³-hybridized carbons (Fsp3) is 1.00. The van der Waals surface area contributed by atoms with E-state index >= 15 is 0 Å². The second-order valence-corrected chi connectivity index (χ2v) is 6.40. The highest BCUT2D eigenvalue weighted by atomic mass is 15.2. The van der Waals surface area contributed by atoms with E-state index in [2.05, 4.69) is 25.8 Å². The predicted molar refractivity (Wildman–Crippen MR) is 75.2 cm³/mol. The topological polar surface area (TPSA) is 3.24 Å². The van der Waals surface area contributed by atoms with Crippen molar-refractivity contribution in [3.05, 3.63) is 0 Å². The van der Waals surface area contributed by atoms with Gasteiger partial charge in [0.15, 0.2) is 0 Å². The second kappa shape index (κ2) is 6.22. The summed E-state index contributed by atoms with van der Waals surface area (Å²) in [7, 11) is 2.41. The molecule has 1 aliphatic heterocycles. The van der Waals surface area contributed by atoms with E-state index in [1.807, 2.05) is 0 Å². The minimum absolute atomic E-state index is 0.890. The van der Waals surface area contributed by atoms with Crippen LogP contribution in [-0.2, 0) is 0 Å². The van der Waals surface area contributed by atoms with Gasteiger partial charge in [-0.2, -0.15) is 0 Å². The van der Waals surface area contributed by atoms with Gasteiger partial charge in [0.2, 0.25) is 0 Å². The summed E-state index contributed by atoms with van der Waals surface area (Å²) in [5.74, 6) is 2.07. The molecule has 2 aliphatic rings. The normalized spacial score (nSPS) is 39.0. The molecule has 100 valence electrons. The third-order valence-corrected chi connectivity index (χ3v) is 5.39. The van der Waals surface area contributed by atoms with Crippen LogP contribution in [0, 0.1) is 11.8 Å². The monoisotopic (exact) mass is 237 g/mol. The summed E-state index contributed by atoms with van der Waals surface area (Å²) in [5.41, 5.74) is 0. The molecule has 1 aliphatic carbocycles. The molecule has 0 spiro atoms. The molecule has 0 aromatic heterocycles. The fourth-order valence-corrected chi connectivity index (χ4v) is 4.53. The quantitative estimate of drug-likeness (QED) is 0.697. The van der Waals surface area contributed by atoms with E-state index in [0.29, 0.717) is 0 Å². The van der Waals surface area contributed by atoms with Crippen molar-refractivity contribution in [2.24, 2.45) is 11.8 Å². The summed E-state index contributed by atoms with van der Waals surface area (Å²) in [6.07, 6.45) is 13.1. The molecule has 2 fully saturated rings. The number of nitrogens with zero attached hydrogens (tertiary/aromatic N) is 1. The van der Waals surface area contributed by atoms with Gasteiger partial charge in [0.25, 0.3) is 0 Å². The van der Waals surface area contributed by atoms with Gasteiger partial charge in [-0.1, -0.05) is 46.0 Å². The maximum atomic E-state index is 2.76. The Hall–Kier alpha value is -0.0400. The highest BCUT2D eigenvalue weighted by Gasteiger charge is 2.40. The van der Waals surface area contributed by atoms with Crippen LogP contribution in [-0.4, -0.2) is 24.0 Å². The van der Waals surface area contributed by atoms with Crippen molar-refractivity contribution in [1.29, 1.82) is 0 Å². The van der Waals surface area contributed by atoms with Crippen molar-refractivity contribution in [1.82, 2.24) is 4.90 Å². The first-order valence-electron chi connectivity index (χ1n) is 7.99. The van der Waals surface area contributed by atoms with E-state index in [-0.39, 0.29) is 0 Å². The van der Waals surface area contributed by atoms with Gasteiger partial charge < -0.3 is 4.90 Å². The van der Waals surface area contributed by atoms with Gasteiger partial charge in [-0.25, -0.2) is 0 Å². The second-order valence-electron chi connectivity index (χ2n) is 6.40. The highest BCUT2D eigenvalue weighted by Crippen LogP contribution is 2.43. The number of hydrogen-bond donors (Lipinski definition) is 0. The first-order valence-corrected chi connectivity index (χ1v) is 7.99. The summed E-state index contributed by atoms with van der Waals surface area (Å²) in [6.45, 7) is 4.69. The minimum atomic E-state index is 0.890. The minimum Gasteiger partial charge on any atom is -0.300 e. The Bertz CT molecular complexity index is 224. The smallest absolute Gasteiger partial charge is 0.0126 e. The molecule has 17 heavy (non-hydrogen) atoms. The maximum Gasteiger partial charge on any atom is 0.0126 e. The van der Waals surface area contributed by atoms with Crippen LogP contribution in [0.1, 0.15) is 71.6 Å². The Morgan fingerprint density at radius 3 is 2.41 bits per heavy atom. The maximum absolute atomic E-state index is 2.76. The zero-order valence-electron chi connectivity index (χ0n) is 12.1. The summed E-state index contributed by atoms with van der Waals surface area (Å²) >= 11 is 0. The molecule has 2 rings (SSSR count). The SMILES string of the molecule is CCCC1CCCC2C1CCC(CCC)N2C. The zero-order chi connectivity index (χ0) is 12.3. The van der Waals surface area contributed by atoms with Crippen LogP contribution in [0.2, 0.25) is 0 Å². The molecule has 1 saturated heterocycles. The van der Waals surface area contributed by atoms with Crippen LogP contribution < -0.4 is 0 Å². The van der Waals surface area contributed by atoms with Crippen LogP contribution in [0.15, 0.2) is 0 Å². The van der Waals surface area contributed by atoms with Gasteiger partial charge in [0.1, 0.15) is 0 Å². The molecule has 0 amide bonds. The van der Waals surface area contributed by atoms with Gasteiger partial charge in [0, 0.05) is 12.1 Å². The van der Waals surface area contributed by atoms with Crippen molar-refractivity contribution >= 4 is 0 Å². The Balaban J connectivity index is 1.99. The molecular weight excluding hydrogens is 206 g/mol. The zero-order valence-corrected chi connectivity index (χ0v) is 12.1. The van der Waals surface area contributed by atoms with Crippen LogP contribution in [0.3, 0.4) is 0 Å². The lowest BCUT2D eigenvalue weighted by atomic mass is 9.68. The molecule has 0 N–H and O–H groups in total. The molecular formula is C16H31N. The molecule has 0 radical (unpaired) electrons. The average molecular weight is 237 g/mol. The largest absolute Gasteiger partial charge is 0.300 e. The first kappa shape index (κ1) is 13.4. The molecule has 1 nitrogen and oxygen atoms in total. The van der Waals surface area contributed by atoms with Crippen LogP contribution in [0.4, 0.5) is 0 Å². The van der Waals surface area contributed by atoms with E-state index in [4.69, 9.17) is 0 Å². The standard InChI is InChI=1S/C16H31N/c1-4-7-13-9-6-10-16-15(13)12-11-14(8-5-2)17(16)3/h13-16H,4-12H2,1-3H3. The van der Waals surface area contributed by atoms with E-state index in [9.17, 15) is 0 Å². The number of piperidine rings is 1. The number of hydrogen-bond acceptors (Lipinski definition) is 1. The molecule has 1 saturated carbocycles. The van der Waals surface area contributed by atoms with Crippen molar-refractivity contribution in [3.8, 4) is 0 Å². The van der Waals surface area contributed by atoms with Gasteiger partial charge in [0.05, 0.1) is 0 Å². The number of likely N-dealkylation sites (tertiary alicyclic amines) is 1. The molecule has 4 atom stereocenters.